The molecule has 2 aliphatic rings. The number of nitrogens with two attached hydrogens (primary N) is 1. The van der Waals surface area contributed by atoms with Crippen LogP contribution in [0.3, 0.4) is 0 Å². The number of pyridine rings is 2. The summed E-state index contributed by atoms with van der Waals surface area (Å²) >= 11 is 0. The SMILES string of the molecule is CCN(C(=O)[C@@H]1CCN(CC(=O)N2CC=C(c3ccc(C(=N)OC(=O)NC)cc3)CC2)C1)c1ccc(N)c(C(=N)c2ccc(C)nc2)n1. The van der Waals surface area contributed by atoms with Crippen molar-refractivity contribution in [1.82, 2.24) is 25.1 Å². The molecule has 0 radical (unpaired) electrons. The Bertz CT molecular complexity index is 1740. The van der Waals surface area contributed by atoms with Gasteiger partial charge in [-0.2, -0.15) is 0 Å². The van der Waals surface area contributed by atoms with E-state index in [0.717, 1.165) is 16.8 Å². The van der Waals surface area contributed by atoms with Crippen LogP contribution in [0.1, 0.15) is 47.8 Å². The summed E-state index contributed by atoms with van der Waals surface area (Å²) < 4.78 is 4.89. The fourth-order valence-electron chi connectivity index (χ4n) is 5.88. The standard InChI is InChI=1S/C35H41N9O4/c1-4-44(29-12-11-28(36)32(41-29)31(37)26-6-5-22(2)40-19-26)34(46)27-13-16-42(20-27)21-30(45)43-17-14-24(15-18-43)23-7-9-25(10-8-23)33(38)48-35(47)39-3/h5-12,14,19,27,37-38H,4,13,15-18,20-21,36H2,1-3H3,(H,39,47)/t27-/m1/s1. The van der Waals surface area contributed by atoms with Gasteiger partial charge < -0.3 is 20.7 Å². The van der Waals surface area contributed by atoms with Gasteiger partial charge in [-0.05, 0) is 80.8 Å². The Morgan fingerprint density at radius 1 is 1.06 bits per heavy atom. The van der Waals surface area contributed by atoms with Crippen molar-refractivity contribution in [2.75, 3.05) is 56.9 Å². The number of aromatic nitrogens is 2. The van der Waals surface area contributed by atoms with E-state index in [1.54, 1.807) is 41.4 Å². The summed E-state index contributed by atoms with van der Waals surface area (Å²) in [7, 11) is 1.43. The number of nitrogens with zero attached hydrogens (tertiary/aromatic N) is 5. The van der Waals surface area contributed by atoms with Crippen LogP contribution < -0.4 is 16.0 Å². The maximum atomic E-state index is 13.7. The van der Waals surface area contributed by atoms with Gasteiger partial charge in [0.05, 0.1) is 23.9 Å². The van der Waals surface area contributed by atoms with Gasteiger partial charge in [-0.1, -0.05) is 18.2 Å². The molecule has 3 aromatic rings. The highest BCUT2D eigenvalue weighted by Crippen LogP contribution is 2.26. The number of nitrogens with one attached hydrogen (secondary N) is 3. The number of carbonyl (C=O) groups is 3. The molecule has 250 valence electrons. The third kappa shape index (κ3) is 7.74. The van der Waals surface area contributed by atoms with Gasteiger partial charge in [0.25, 0.3) is 0 Å². The first-order valence-corrected chi connectivity index (χ1v) is 16.0. The van der Waals surface area contributed by atoms with E-state index in [9.17, 15) is 14.4 Å². The maximum Gasteiger partial charge on any atom is 0.413 e. The Labute approximate surface area is 279 Å². The van der Waals surface area contributed by atoms with Crippen LogP contribution in [0.15, 0.2) is 60.8 Å². The number of ether oxygens (including phenoxy) is 1. The predicted molar refractivity (Wildman–Crippen MR) is 184 cm³/mol. The van der Waals surface area contributed by atoms with Gasteiger partial charge in [0.2, 0.25) is 17.7 Å². The third-order valence-electron chi connectivity index (χ3n) is 8.67. The molecule has 0 aliphatic carbocycles. The van der Waals surface area contributed by atoms with Crippen molar-refractivity contribution in [3.05, 3.63) is 88.9 Å². The van der Waals surface area contributed by atoms with Crippen molar-refractivity contribution in [1.29, 1.82) is 10.8 Å². The van der Waals surface area contributed by atoms with E-state index in [4.69, 9.17) is 21.3 Å². The number of anilines is 2. The number of likely N-dealkylation sites (tertiary alicyclic amines) is 1. The van der Waals surface area contributed by atoms with Gasteiger partial charge in [-0.3, -0.25) is 35.2 Å². The maximum absolute atomic E-state index is 13.7. The smallest absolute Gasteiger partial charge is 0.397 e. The lowest BCUT2D eigenvalue weighted by Gasteiger charge is -2.29. The second-order valence-electron chi connectivity index (χ2n) is 11.8. The Morgan fingerprint density at radius 2 is 1.81 bits per heavy atom. The first-order chi connectivity index (χ1) is 23.1. The molecular weight excluding hydrogens is 610 g/mol. The predicted octanol–water partition coefficient (Wildman–Crippen LogP) is 3.46. The van der Waals surface area contributed by atoms with Crippen LogP contribution in [0.2, 0.25) is 0 Å². The molecule has 1 aromatic carbocycles. The Morgan fingerprint density at radius 3 is 2.46 bits per heavy atom. The topological polar surface area (TPSA) is 182 Å². The number of benzene rings is 1. The summed E-state index contributed by atoms with van der Waals surface area (Å²) in [6, 6.07) is 14.2. The van der Waals surface area contributed by atoms with Crippen molar-refractivity contribution in [2.24, 2.45) is 5.92 Å². The van der Waals surface area contributed by atoms with Crippen molar-refractivity contribution in [3.8, 4) is 0 Å². The van der Waals surface area contributed by atoms with Crippen LogP contribution in [0.25, 0.3) is 5.57 Å². The number of amides is 3. The van der Waals surface area contributed by atoms with E-state index in [2.05, 4.69) is 15.3 Å². The van der Waals surface area contributed by atoms with E-state index < -0.39 is 6.09 Å². The molecule has 13 nitrogen and oxygen atoms in total. The van der Waals surface area contributed by atoms with Gasteiger partial charge in [-0.15, -0.1) is 0 Å². The van der Waals surface area contributed by atoms with Crippen molar-refractivity contribution in [2.45, 2.75) is 26.7 Å². The van der Waals surface area contributed by atoms with E-state index in [1.807, 2.05) is 47.9 Å². The van der Waals surface area contributed by atoms with Crippen molar-refractivity contribution < 1.29 is 19.1 Å². The number of alkyl carbamates (subject to hydrolysis) is 1. The molecular formula is C35H41N9O4. The van der Waals surface area contributed by atoms with Crippen LogP contribution >= 0.6 is 0 Å². The molecule has 0 bridgehead atoms. The summed E-state index contributed by atoms with van der Waals surface area (Å²) in [4.78, 5) is 52.7. The van der Waals surface area contributed by atoms with E-state index >= 15 is 0 Å². The lowest BCUT2D eigenvalue weighted by molar-refractivity contribution is -0.132. The van der Waals surface area contributed by atoms with Crippen molar-refractivity contribution >= 4 is 46.6 Å². The molecule has 0 spiro atoms. The Kier molecular flexibility index (Phi) is 10.6. The molecule has 48 heavy (non-hydrogen) atoms. The largest absolute Gasteiger partial charge is 0.413 e. The van der Waals surface area contributed by atoms with Gasteiger partial charge in [0, 0.05) is 56.2 Å². The minimum Gasteiger partial charge on any atom is -0.397 e. The molecule has 0 unspecified atom stereocenters. The van der Waals surface area contributed by atoms with Gasteiger partial charge in [-0.25, -0.2) is 9.78 Å². The van der Waals surface area contributed by atoms with Gasteiger partial charge >= 0.3 is 6.09 Å². The van der Waals surface area contributed by atoms with Crippen LogP contribution in [0.5, 0.6) is 0 Å². The molecule has 5 rings (SSSR count). The number of aryl methyl sites for hydroxylation is 1. The van der Waals surface area contributed by atoms with Crippen molar-refractivity contribution in [3.63, 3.8) is 0 Å². The number of rotatable bonds is 9. The molecule has 1 saturated heterocycles. The second-order valence-corrected chi connectivity index (χ2v) is 11.8. The molecule has 5 N–H and O–H groups in total. The minimum atomic E-state index is -0.692. The summed E-state index contributed by atoms with van der Waals surface area (Å²) in [5.74, 6) is -0.110. The fourth-order valence-corrected chi connectivity index (χ4v) is 5.88. The second kappa shape index (κ2) is 15.0. The monoisotopic (exact) mass is 651 g/mol. The fraction of sp³-hybridized carbons (Fsp3) is 0.343. The molecule has 1 fully saturated rings. The molecule has 1 atom stereocenters. The third-order valence-corrected chi connectivity index (χ3v) is 8.67. The average Bonchev–Trinajstić information content (AvgIpc) is 3.57. The number of carbonyl (C=O) groups excluding carboxylic acids is 3. The number of hydrogen-bond acceptors (Lipinski definition) is 10. The van der Waals surface area contributed by atoms with E-state index in [1.165, 1.54) is 7.05 Å². The first-order valence-electron chi connectivity index (χ1n) is 16.0. The minimum absolute atomic E-state index is 0.0230. The highest BCUT2D eigenvalue weighted by atomic mass is 16.6. The van der Waals surface area contributed by atoms with Crippen LogP contribution in [-0.2, 0) is 14.3 Å². The highest BCUT2D eigenvalue weighted by molar-refractivity contribution is 6.12. The normalized spacial score (nSPS) is 16.2. The summed E-state index contributed by atoms with van der Waals surface area (Å²) in [5.41, 5.74) is 11.0. The number of hydrogen-bond donors (Lipinski definition) is 4. The van der Waals surface area contributed by atoms with Crippen LogP contribution in [-0.4, -0.2) is 95.6 Å². The van der Waals surface area contributed by atoms with Crippen LogP contribution in [0, 0.1) is 23.7 Å². The van der Waals surface area contributed by atoms with E-state index in [0.29, 0.717) is 73.9 Å². The Balaban J connectivity index is 1.15. The number of nitrogen functional groups attached to an aromatic ring is 1. The average molecular weight is 652 g/mol. The molecule has 3 amide bonds. The summed E-state index contributed by atoms with van der Waals surface area (Å²) in [5, 5.41) is 18.9. The van der Waals surface area contributed by atoms with E-state index in [-0.39, 0.29) is 35.9 Å². The van der Waals surface area contributed by atoms with Gasteiger partial charge in [0.15, 0.2) is 0 Å². The Hall–Kier alpha value is -5.43. The lowest BCUT2D eigenvalue weighted by atomic mass is 9.98. The zero-order valence-electron chi connectivity index (χ0n) is 27.5. The highest BCUT2D eigenvalue weighted by Gasteiger charge is 2.34. The van der Waals surface area contributed by atoms with Crippen LogP contribution in [0.4, 0.5) is 16.3 Å². The first kappa shape index (κ1) is 33.9. The molecule has 2 aliphatic heterocycles. The molecule has 2 aromatic heterocycles. The lowest BCUT2D eigenvalue weighted by Crippen LogP contribution is -2.42. The summed E-state index contributed by atoms with van der Waals surface area (Å²) in [6.07, 6.45) is 4.30. The molecule has 13 heteroatoms. The van der Waals surface area contributed by atoms with Gasteiger partial charge in [0.1, 0.15) is 11.5 Å². The quantitative estimate of drug-likeness (QED) is 0.200. The zero-order valence-corrected chi connectivity index (χ0v) is 27.5. The summed E-state index contributed by atoms with van der Waals surface area (Å²) in [6.45, 7) is 6.61. The molecule has 4 heterocycles. The molecule has 0 saturated carbocycles. The zero-order chi connectivity index (χ0) is 34.4.